The molecule has 0 aliphatic carbocycles. The first kappa shape index (κ1) is 12.1. The zero-order valence-corrected chi connectivity index (χ0v) is 11.7. The number of fused-ring (bicyclic) bond motifs is 1. The second kappa shape index (κ2) is 5.05. The molecule has 0 aromatic carbocycles. The van der Waals surface area contributed by atoms with Crippen LogP contribution in [0.15, 0.2) is 24.5 Å². The molecule has 2 atom stereocenters. The van der Waals surface area contributed by atoms with E-state index in [0.717, 1.165) is 36.5 Å². The number of piperidine rings is 1. The van der Waals surface area contributed by atoms with Crippen LogP contribution in [-0.4, -0.2) is 40.3 Å². The van der Waals surface area contributed by atoms with Crippen LogP contribution in [0.3, 0.4) is 0 Å². The van der Waals surface area contributed by atoms with Crippen LogP contribution in [0.2, 0.25) is 0 Å². The monoisotopic (exact) mass is 271 g/mol. The highest BCUT2D eigenvalue weighted by Gasteiger charge is 2.29. The summed E-state index contributed by atoms with van der Waals surface area (Å²) in [6.45, 7) is 3.46. The van der Waals surface area contributed by atoms with Gasteiger partial charge in [0, 0.05) is 31.4 Å². The molecule has 2 aliphatic rings. The highest BCUT2D eigenvalue weighted by atomic mass is 15.3. The molecule has 0 bridgehead atoms. The molecule has 20 heavy (non-hydrogen) atoms. The van der Waals surface area contributed by atoms with Crippen LogP contribution in [0, 0.1) is 5.92 Å². The van der Waals surface area contributed by atoms with Crippen molar-refractivity contribution in [2.24, 2.45) is 5.92 Å². The summed E-state index contributed by atoms with van der Waals surface area (Å²) in [6, 6.07) is 4.77. The van der Waals surface area contributed by atoms with Gasteiger partial charge < -0.3 is 10.2 Å². The van der Waals surface area contributed by atoms with Crippen LogP contribution < -0.4 is 10.2 Å². The van der Waals surface area contributed by atoms with E-state index < -0.39 is 0 Å². The van der Waals surface area contributed by atoms with E-state index in [4.69, 9.17) is 4.98 Å². The van der Waals surface area contributed by atoms with E-state index in [-0.39, 0.29) is 0 Å². The maximum atomic E-state index is 4.73. The Morgan fingerprint density at radius 3 is 3.10 bits per heavy atom. The molecule has 0 amide bonds. The second-order valence-corrected chi connectivity index (χ2v) is 5.97. The van der Waals surface area contributed by atoms with Gasteiger partial charge in [-0.1, -0.05) is 0 Å². The van der Waals surface area contributed by atoms with E-state index >= 15 is 0 Å². The van der Waals surface area contributed by atoms with E-state index in [0.29, 0.717) is 0 Å². The minimum atomic E-state index is 0.719. The second-order valence-electron chi connectivity index (χ2n) is 5.97. The van der Waals surface area contributed by atoms with Crippen LogP contribution >= 0.6 is 0 Å². The number of nitrogens with zero attached hydrogens (tertiary/aromatic N) is 4. The van der Waals surface area contributed by atoms with Crippen LogP contribution in [0.5, 0.6) is 0 Å². The normalized spacial score (nSPS) is 27.3. The average molecular weight is 271 g/mol. The van der Waals surface area contributed by atoms with Crippen molar-refractivity contribution in [1.82, 2.24) is 19.9 Å². The van der Waals surface area contributed by atoms with Gasteiger partial charge in [-0.3, -0.25) is 0 Å². The first-order chi connectivity index (χ1) is 9.90. The van der Waals surface area contributed by atoms with Crippen molar-refractivity contribution in [1.29, 1.82) is 0 Å². The molecule has 2 aliphatic heterocycles. The van der Waals surface area contributed by atoms with Gasteiger partial charge in [0.2, 0.25) is 0 Å². The number of anilines is 1. The Balaban J connectivity index is 1.54. The topological polar surface area (TPSA) is 45.5 Å². The van der Waals surface area contributed by atoms with Crippen LogP contribution in [0.25, 0.3) is 5.65 Å². The highest BCUT2D eigenvalue weighted by Crippen LogP contribution is 2.27. The lowest BCUT2D eigenvalue weighted by Crippen LogP contribution is -2.43. The summed E-state index contributed by atoms with van der Waals surface area (Å²) in [6.07, 6.45) is 9.11. The van der Waals surface area contributed by atoms with Crippen molar-refractivity contribution in [3.05, 3.63) is 24.5 Å². The Morgan fingerprint density at radius 1 is 1.20 bits per heavy atom. The average Bonchev–Trinajstić information content (AvgIpc) is 3.18. The fraction of sp³-hybridized carbons (Fsp3) is 0.600. The molecule has 1 N–H and O–H groups in total. The van der Waals surface area contributed by atoms with E-state index in [1.807, 2.05) is 16.8 Å². The van der Waals surface area contributed by atoms with Gasteiger partial charge in [0.1, 0.15) is 5.82 Å². The van der Waals surface area contributed by atoms with Crippen molar-refractivity contribution in [2.75, 3.05) is 24.5 Å². The SMILES string of the molecule is c1cc2nc(N3CCCC(C4CCCN4)C3)ccn2n1. The van der Waals surface area contributed by atoms with Gasteiger partial charge in [-0.2, -0.15) is 5.10 Å². The Hall–Kier alpha value is -1.62. The molecule has 2 aromatic rings. The van der Waals surface area contributed by atoms with Crippen LogP contribution in [0.4, 0.5) is 5.82 Å². The third-order valence-corrected chi connectivity index (χ3v) is 4.69. The first-order valence-electron chi connectivity index (χ1n) is 7.69. The van der Waals surface area contributed by atoms with Gasteiger partial charge in [0.05, 0.1) is 6.20 Å². The Bertz CT molecular complexity index is 587. The zero-order valence-electron chi connectivity index (χ0n) is 11.7. The standard InChI is InChI=1S/C15H21N5/c1-4-13(16-7-1)12-3-2-9-19(11-12)14-6-10-20-15(18-14)5-8-17-20/h5-6,8,10,12-13,16H,1-4,7,9,11H2. The van der Waals surface area contributed by atoms with E-state index in [2.05, 4.69) is 21.4 Å². The molecule has 4 rings (SSSR count). The fourth-order valence-corrected chi connectivity index (χ4v) is 3.64. The van der Waals surface area contributed by atoms with Gasteiger partial charge >= 0.3 is 0 Å². The van der Waals surface area contributed by atoms with Crippen LogP contribution in [0.1, 0.15) is 25.7 Å². The lowest BCUT2D eigenvalue weighted by molar-refractivity contribution is 0.328. The summed E-state index contributed by atoms with van der Waals surface area (Å²) in [5.74, 6) is 1.87. The molecule has 2 fully saturated rings. The molecule has 0 radical (unpaired) electrons. The number of nitrogens with one attached hydrogen (secondary N) is 1. The van der Waals surface area contributed by atoms with Crippen molar-refractivity contribution < 1.29 is 0 Å². The van der Waals surface area contributed by atoms with Gasteiger partial charge in [-0.05, 0) is 44.2 Å². The van der Waals surface area contributed by atoms with E-state index in [9.17, 15) is 0 Å². The minimum Gasteiger partial charge on any atom is -0.356 e. The number of rotatable bonds is 2. The van der Waals surface area contributed by atoms with Gasteiger partial charge in [0.25, 0.3) is 0 Å². The zero-order chi connectivity index (χ0) is 13.4. The first-order valence-corrected chi connectivity index (χ1v) is 7.69. The van der Waals surface area contributed by atoms with E-state index in [1.54, 1.807) is 6.20 Å². The number of hydrogen-bond acceptors (Lipinski definition) is 4. The lowest BCUT2D eigenvalue weighted by atomic mass is 9.90. The molecule has 2 unspecified atom stereocenters. The van der Waals surface area contributed by atoms with Crippen molar-refractivity contribution >= 4 is 11.5 Å². The predicted octanol–water partition coefficient (Wildman–Crippen LogP) is 1.70. The van der Waals surface area contributed by atoms with Crippen LogP contribution in [-0.2, 0) is 0 Å². The summed E-state index contributed by atoms with van der Waals surface area (Å²) in [5.41, 5.74) is 0.934. The summed E-state index contributed by atoms with van der Waals surface area (Å²) in [7, 11) is 0. The van der Waals surface area contributed by atoms with Gasteiger partial charge in [-0.15, -0.1) is 0 Å². The maximum Gasteiger partial charge on any atom is 0.157 e. The quantitative estimate of drug-likeness (QED) is 0.903. The summed E-state index contributed by atoms with van der Waals surface area (Å²) in [4.78, 5) is 7.17. The molecule has 2 aromatic heterocycles. The highest BCUT2D eigenvalue weighted by molar-refractivity contribution is 5.47. The Morgan fingerprint density at radius 2 is 2.20 bits per heavy atom. The Labute approximate surface area is 119 Å². The molecule has 0 saturated carbocycles. The minimum absolute atomic E-state index is 0.719. The van der Waals surface area contributed by atoms with Crippen molar-refractivity contribution in [2.45, 2.75) is 31.7 Å². The van der Waals surface area contributed by atoms with Gasteiger partial charge in [-0.25, -0.2) is 9.50 Å². The molecule has 2 saturated heterocycles. The lowest BCUT2D eigenvalue weighted by Gasteiger charge is -2.36. The molecule has 0 spiro atoms. The van der Waals surface area contributed by atoms with Crippen molar-refractivity contribution in [3.63, 3.8) is 0 Å². The summed E-state index contributed by atoms with van der Waals surface area (Å²) >= 11 is 0. The third-order valence-electron chi connectivity index (χ3n) is 4.69. The fourth-order valence-electron chi connectivity index (χ4n) is 3.64. The van der Waals surface area contributed by atoms with Crippen molar-refractivity contribution in [3.8, 4) is 0 Å². The molecule has 106 valence electrons. The largest absolute Gasteiger partial charge is 0.356 e. The Kier molecular flexibility index (Phi) is 3.07. The van der Waals surface area contributed by atoms with E-state index in [1.165, 1.54) is 32.2 Å². The molecule has 5 nitrogen and oxygen atoms in total. The maximum absolute atomic E-state index is 4.73. The molecular weight excluding hydrogens is 250 g/mol. The molecule has 4 heterocycles. The number of aromatic nitrogens is 3. The predicted molar refractivity (Wildman–Crippen MR) is 78.9 cm³/mol. The summed E-state index contributed by atoms with van der Waals surface area (Å²) < 4.78 is 1.82. The smallest absolute Gasteiger partial charge is 0.157 e. The molecule has 5 heteroatoms. The number of hydrogen-bond donors (Lipinski definition) is 1. The summed E-state index contributed by atoms with van der Waals surface area (Å²) in [5, 5.41) is 7.87. The molecular formula is C15H21N5. The third kappa shape index (κ3) is 2.16. The van der Waals surface area contributed by atoms with Gasteiger partial charge in [0.15, 0.2) is 5.65 Å².